The van der Waals surface area contributed by atoms with Gasteiger partial charge in [0.15, 0.2) is 0 Å². The fourth-order valence-electron chi connectivity index (χ4n) is 3.12. The van der Waals surface area contributed by atoms with Crippen molar-refractivity contribution in [1.82, 2.24) is 0 Å². The zero-order valence-electron chi connectivity index (χ0n) is 19.2. The van der Waals surface area contributed by atoms with E-state index in [0.717, 1.165) is 60.7 Å². The Balaban J connectivity index is 1.60. The van der Waals surface area contributed by atoms with Gasteiger partial charge in [-0.15, -0.1) is 0 Å². The van der Waals surface area contributed by atoms with Gasteiger partial charge in [-0.1, -0.05) is 41.6 Å². The summed E-state index contributed by atoms with van der Waals surface area (Å²) in [6, 6.07) is 12.3. The summed E-state index contributed by atoms with van der Waals surface area (Å²) in [6.07, 6.45) is 8.52. The number of benzene rings is 2. The summed E-state index contributed by atoms with van der Waals surface area (Å²) in [4.78, 5) is 4.69. The average molecular weight is 426 g/mol. The summed E-state index contributed by atoms with van der Waals surface area (Å²) in [5, 5.41) is 3.76. The standard InChI is InChI=1S/C26H35NO4/c1-5-6-15-30-25-18-21(2)26(22(3)19-25)31-16-8-7-14-29-17-13-23-9-11-24(12-10-23)20-27-28-4/h5-6,9-12,18-20H,7-8,13-17H2,1-4H3/b6-5+,27-20+. The predicted molar refractivity (Wildman–Crippen MR) is 127 cm³/mol. The fourth-order valence-corrected chi connectivity index (χ4v) is 3.12. The lowest BCUT2D eigenvalue weighted by molar-refractivity contribution is 0.129. The van der Waals surface area contributed by atoms with Crippen LogP contribution in [0.2, 0.25) is 0 Å². The predicted octanol–water partition coefficient (Wildman–Crippen LogP) is 5.66. The Bertz CT molecular complexity index is 805. The molecule has 168 valence electrons. The quantitative estimate of drug-likeness (QED) is 0.170. The number of allylic oxidation sites excluding steroid dienone is 1. The van der Waals surface area contributed by atoms with Gasteiger partial charge in [-0.3, -0.25) is 0 Å². The second-order valence-electron chi connectivity index (χ2n) is 7.34. The van der Waals surface area contributed by atoms with E-state index in [1.807, 2.05) is 43.3 Å². The first-order valence-corrected chi connectivity index (χ1v) is 10.8. The van der Waals surface area contributed by atoms with Gasteiger partial charge in [0.25, 0.3) is 0 Å². The molecule has 0 bridgehead atoms. The van der Waals surface area contributed by atoms with Gasteiger partial charge >= 0.3 is 0 Å². The van der Waals surface area contributed by atoms with Crippen LogP contribution in [0.3, 0.4) is 0 Å². The lowest BCUT2D eigenvalue weighted by atomic mass is 10.1. The maximum absolute atomic E-state index is 6.02. The molecule has 0 amide bonds. The normalized spacial score (nSPS) is 11.4. The number of hydrogen-bond acceptors (Lipinski definition) is 5. The van der Waals surface area contributed by atoms with Crippen molar-refractivity contribution in [1.29, 1.82) is 0 Å². The van der Waals surface area contributed by atoms with Crippen LogP contribution in [0.15, 0.2) is 53.7 Å². The molecule has 2 rings (SSSR count). The molecule has 0 fully saturated rings. The first-order chi connectivity index (χ1) is 15.1. The first kappa shape index (κ1) is 24.5. The van der Waals surface area contributed by atoms with Crippen molar-refractivity contribution >= 4 is 6.21 Å². The molecule has 0 aliphatic rings. The molecule has 31 heavy (non-hydrogen) atoms. The monoisotopic (exact) mass is 425 g/mol. The highest BCUT2D eigenvalue weighted by molar-refractivity contribution is 5.79. The smallest absolute Gasteiger partial charge is 0.125 e. The summed E-state index contributed by atoms with van der Waals surface area (Å²) in [7, 11) is 1.54. The number of aryl methyl sites for hydroxylation is 2. The molecule has 2 aromatic carbocycles. The SMILES string of the molecule is C/C=C/COc1cc(C)c(OCCCCOCCc2ccc(/C=N/OC)cc2)c(C)c1. The van der Waals surface area contributed by atoms with Gasteiger partial charge in [-0.05, 0) is 74.4 Å². The van der Waals surface area contributed by atoms with Crippen molar-refractivity contribution in [3.05, 3.63) is 70.8 Å². The lowest BCUT2D eigenvalue weighted by Crippen LogP contribution is -2.05. The number of nitrogens with zero attached hydrogens (tertiary/aromatic N) is 1. The van der Waals surface area contributed by atoms with Crippen LogP contribution >= 0.6 is 0 Å². The molecule has 0 aromatic heterocycles. The van der Waals surface area contributed by atoms with E-state index in [1.54, 1.807) is 6.21 Å². The number of rotatable bonds is 14. The lowest BCUT2D eigenvalue weighted by Gasteiger charge is -2.14. The van der Waals surface area contributed by atoms with Crippen molar-refractivity contribution in [2.45, 2.75) is 40.0 Å². The average Bonchev–Trinajstić information content (AvgIpc) is 2.76. The van der Waals surface area contributed by atoms with Crippen LogP contribution in [0.1, 0.15) is 42.0 Å². The van der Waals surface area contributed by atoms with E-state index in [2.05, 4.69) is 36.0 Å². The molecule has 0 saturated heterocycles. The molecular weight excluding hydrogens is 390 g/mol. The molecular formula is C26H35NO4. The molecule has 0 saturated carbocycles. The van der Waals surface area contributed by atoms with E-state index in [1.165, 1.54) is 12.7 Å². The van der Waals surface area contributed by atoms with Crippen molar-refractivity contribution in [3.8, 4) is 11.5 Å². The van der Waals surface area contributed by atoms with E-state index in [4.69, 9.17) is 14.2 Å². The van der Waals surface area contributed by atoms with E-state index in [0.29, 0.717) is 13.2 Å². The Labute approximate surface area is 186 Å². The van der Waals surface area contributed by atoms with Gasteiger partial charge < -0.3 is 19.0 Å². The van der Waals surface area contributed by atoms with Gasteiger partial charge in [0.1, 0.15) is 25.2 Å². The molecule has 0 atom stereocenters. The van der Waals surface area contributed by atoms with Crippen LogP contribution < -0.4 is 9.47 Å². The molecule has 0 unspecified atom stereocenters. The molecule has 5 nitrogen and oxygen atoms in total. The van der Waals surface area contributed by atoms with Crippen molar-refractivity contribution < 1.29 is 19.0 Å². The highest BCUT2D eigenvalue weighted by atomic mass is 16.6. The minimum atomic E-state index is 0.587. The van der Waals surface area contributed by atoms with Crippen LogP contribution in [0.4, 0.5) is 0 Å². The molecule has 0 heterocycles. The largest absolute Gasteiger partial charge is 0.493 e. The zero-order chi connectivity index (χ0) is 22.3. The highest BCUT2D eigenvalue weighted by Gasteiger charge is 2.07. The van der Waals surface area contributed by atoms with Crippen molar-refractivity contribution in [3.63, 3.8) is 0 Å². The molecule has 2 aromatic rings. The van der Waals surface area contributed by atoms with Gasteiger partial charge in [0.05, 0.1) is 19.4 Å². The summed E-state index contributed by atoms with van der Waals surface area (Å²) >= 11 is 0. The van der Waals surface area contributed by atoms with Crippen LogP contribution in [0.5, 0.6) is 11.5 Å². The van der Waals surface area contributed by atoms with Crippen LogP contribution in [0, 0.1) is 13.8 Å². The number of unbranched alkanes of at least 4 members (excludes halogenated alkanes) is 1. The molecule has 5 heteroatoms. The minimum absolute atomic E-state index is 0.587. The second kappa shape index (κ2) is 14.3. The second-order valence-corrected chi connectivity index (χ2v) is 7.34. The maximum Gasteiger partial charge on any atom is 0.125 e. The Morgan fingerprint density at radius 2 is 1.61 bits per heavy atom. The van der Waals surface area contributed by atoms with Gasteiger partial charge in [0, 0.05) is 6.61 Å². The van der Waals surface area contributed by atoms with Gasteiger partial charge in [-0.2, -0.15) is 0 Å². The number of hydrogen-bond donors (Lipinski definition) is 0. The van der Waals surface area contributed by atoms with Crippen molar-refractivity contribution in [2.75, 3.05) is 33.5 Å². The molecule has 0 radical (unpaired) electrons. The van der Waals surface area contributed by atoms with E-state index < -0.39 is 0 Å². The number of ether oxygens (including phenoxy) is 3. The van der Waals surface area contributed by atoms with E-state index in [-0.39, 0.29) is 0 Å². The third kappa shape index (κ3) is 9.26. The summed E-state index contributed by atoms with van der Waals surface area (Å²) in [6.45, 7) is 8.85. The first-order valence-electron chi connectivity index (χ1n) is 10.8. The summed E-state index contributed by atoms with van der Waals surface area (Å²) < 4.78 is 17.5. The maximum atomic E-state index is 6.02. The van der Waals surface area contributed by atoms with Crippen LogP contribution in [-0.2, 0) is 16.0 Å². The zero-order valence-corrected chi connectivity index (χ0v) is 19.2. The summed E-state index contributed by atoms with van der Waals surface area (Å²) in [5.41, 5.74) is 4.48. The molecule has 0 aliphatic carbocycles. The number of oxime groups is 1. The highest BCUT2D eigenvalue weighted by Crippen LogP contribution is 2.28. The Morgan fingerprint density at radius 1 is 0.903 bits per heavy atom. The van der Waals surface area contributed by atoms with Crippen LogP contribution in [0.25, 0.3) is 0 Å². The van der Waals surface area contributed by atoms with Crippen LogP contribution in [-0.4, -0.2) is 39.8 Å². The summed E-state index contributed by atoms with van der Waals surface area (Å²) in [5.74, 6) is 1.84. The molecule has 0 aliphatic heterocycles. The van der Waals surface area contributed by atoms with Gasteiger partial charge in [-0.25, -0.2) is 0 Å². The van der Waals surface area contributed by atoms with Crippen molar-refractivity contribution in [2.24, 2.45) is 5.16 Å². The third-order valence-electron chi connectivity index (χ3n) is 4.77. The topological polar surface area (TPSA) is 49.3 Å². The fraction of sp³-hybridized carbons (Fsp3) is 0.423. The van der Waals surface area contributed by atoms with E-state index in [9.17, 15) is 0 Å². The van der Waals surface area contributed by atoms with E-state index >= 15 is 0 Å². The Hall–Kier alpha value is -2.79. The Kier molecular flexibility index (Phi) is 11.3. The van der Waals surface area contributed by atoms with Gasteiger partial charge in [0.2, 0.25) is 0 Å². The third-order valence-corrected chi connectivity index (χ3v) is 4.77. The Morgan fingerprint density at radius 3 is 2.29 bits per heavy atom. The minimum Gasteiger partial charge on any atom is -0.493 e. The molecule has 0 N–H and O–H groups in total. The molecule has 0 spiro atoms.